The number of carboxylic acids is 1. The summed E-state index contributed by atoms with van der Waals surface area (Å²) in [5.74, 6) is -1.88. The maximum absolute atomic E-state index is 12.1. The first-order valence-electron chi connectivity index (χ1n) is 5.72. The standard InChI is InChI=1S/C12H10Cl2N4O3/c1-18-5-6(4-15-18)9(12(20)21)17-11(19)7-2-3-8(13)16-10(7)14/h2-5,9H,1H3,(H,17,19)(H,20,21). The molecule has 0 bridgehead atoms. The summed E-state index contributed by atoms with van der Waals surface area (Å²) in [6.07, 6.45) is 2.86. The number of nitrogens with zero attached hydrogens (tertiary/aromatic N) is 3. The van der Waals surface area contributed by atoms with Gasteiger partial charge in [0.2, 0.25) is 0 Å². The molecule has 2 aromatic heterocycles. The highest BCUT2D eigenvalue weighted by atomic mass is 35.5. The van der Waals surface area contributed by atoms with E-state index in [0.29, 0.717) is 5.56 Å². The first kappa shape index (κ1) is 15.3. The SMILES string of the molecule is Cn1cc(C(NC(=O)c2ccc(Cl)nc2Cl)C(=O)O)cn1. The maximum Gasteiger partial charge on any atom is 0.331 e. The number of carbonyl (C=O) groups is 2. The van der Waals surface area contributed by atoms with Crippen molar-refractivity contribution in [1.82, 2.24) is 20.1 Å². The quantitative estimate of drug-likeness (QED) is 0.832. The molecule has 2 N–H and O–H groups in total. The summed E-state index contributed by atoms with van der Waals surface area (Å²) >= 11 is 11.5. The van der Waals surface area contributed by atoms with Crippen molar-refractivity contribution in [3.63, 3.8) is 0 Å². The summed E-state index contributed by atoms with van der Waals surface area (Å²) < 4.78 is 1.44. The number of aliphatic carboxylic acids is 1. The number of rotatable bonds is 4. The van der Waals surface area contributed by atoms with Crippen LogP contribution in [0.5, 0.6) is 0 Å². The number of carbonyl (C=O) groups excluding carboxylic acids is 1. The van der Waals surface area contributed by atoms with Gasteiger partial charge in [-0.25, -0.2) is 9.78 Å². The van der Waals surface area contributed by atoms with E-state index in [2.05, 4.69) is 15.4 Å². The van der Waals surface area contributed by atoms with Crippen molar-refractivity contribution in [2.45, 2.75) is 6.04 Å². The Morgan fingerprint density at radius 2 is 2.10 bits per heavy atom. The monoisotopic (exact) mass is 328 g/mol. The lowest BCUT2D eigenvalue weighted by Crippen LogP contribution is -2.33. The Balaban J connectivity index is 2.25. The lowest BCUT2D eigenvalue weighted by Gasteiger charge is -2.13. The molecule has 0 aliphatic carbocycles. The molecule has 0 aliphatic rings. The minimum atomic E-state index is -1.24. The zero-order valence-electron chi connectivity index (χ0n) is 10.7. The average molecular weight is 329 g/mol. The molecule has 1 amide bonds. The lowest BCUT2D eigenvalue weighted by molar-refractivity contribution is -0.139. The molecule has 2 aromatic rings. The van der Waals surface area contributed by atoms with Gasteiger partial charge in [-0.3, -0.25) is 9.48 Å². The molecule has 0 fully saturated rings. The van der Waals surface area contributed by atoms with Crippen LogP contribution in [-0.2, 0) is 11.8 Å². The van der Waals surface area contributed by atoms with Crippen molar-refractivity contribution in [2.24, 2.45) is 7.05 Å². The van der Waals surface area contributed by atoms with Crippen LogP contribution in [0.15, 0.2) is 24.5 Å². The van der Waals surface area contributed by atoms with E-state index in [1.54, 1.807) is 7.05 Å². The second-order valence-corrected chi connectivity index (χ2v) is 4.91. The molecule has 7 nitrogen and oxygen atoms in total. The number of halogens is 2. The third kappa shape index (κ3) is 3.50. The van der Waals surface area contributed by atoms with E-state index in [1.807, 2.05) is 0 Å². The van der Waals surface area contributed by atoms with Gasteiger partial charge in [-0.2, -0.15) is 5.10 Å². The van der Waals surface area contributed by atoms with Gasteiger partial charge in [0.1, 0.15) is 10.3 Å². The fourth-order valence-corrected chi connectivity index (χ4v) is 2.10. The van der Waals surface area contributed by atoms with E-state index in [1.165, 1.54) is 29.2 Å². The van der Waals surface area contributed by atoms with Gasteiger partial charge in [0, 0.05) is 18.8 Å². The number of nitrogens with one attached hydrogen (secondary N) is 1. The second kappa shape index (κ2) is 6.11. The highest BCUT2D eigenvalue weighted by Crippen LogP contribution is 2.18. The minimum absolute atomic E-state index is 0.0382. The highest BCUT2D eigenvalue weighted by Gasteiger charge is 2.25. The van der Waals surface area contributed by atoms with Crippen molar-refractivity contribution in [1.29, 1.82) is 0 Å². The maximum atomic E-state index is 12.1. The second-order valence-electron chi connectivity index (χ2n) is 4.16. The molecule has 0 saturated heterocycles. The Bertz CT molecular complexity index is 702. The van der Waals surface area contributed by atoms with Crippen molar-refractivity contribution in [3.8, 4) is 0 Å². The van der Waals surface area contributed by atoms with Gasteiger partial charge >= 0.3 is 5.97 Å². The minimum Gasteiger partial charge on any atom is -0.479 e. The van der Waals surface area contributed by atoms with Crippen molar-refractivity contribution in [2.75, 3.05) is 0 Å². The summed E-state index contributed by atoms with van der Waals surface area (Å²) in [6.45, 7) is 0. The molecular weight excluding hydrogens is 319 g/mol. The molecule has 1 atom stereocenters. The fraction of sp³-hybridized carbons (Fsp3) is 0.167. The van der Waals surface area contributed by atoms with Gasteiger partial charge in [-0.15, -0.1) is 0 Å². The number of aromatic nitrogens is 3. The number of pyridine rings is 1. The van der Waals surface area contributed by atoms with Crippen molar-refractivity contribution < 1.29 is 14.7 Å². The molecule has 2 rings (SSSR count). The van der Waals surface area contributed by atoms with Gasteiger partial charge in [0.25, 0.3) is 5.91 Å². The highest BCUT2D eigenvalue weighted by molar-refractivity contribution is 6.34. The van der Waals surface area contributed by atoms with Gasteiger partial charge in [0.15, 0.2) is 6.04 Å². The summed E-state index contributed by atoms with van der Waals surface area (Å²) in [5.41, 5.74) is 0.382. The van der Waals surface area contributed by atoms with E-state index in [0.717, 1.165) is 0 Å². The number of hydrogen-bond donors (Lipinski definition) is 2. The Kier molecular flexibility index (Phi) is 4.44. The Labute approximate surface area is 129 Å². The zero-order chi connectivity index (χ0) is 15.6. The predicted molar refractivity (Wildman–Crippen MR) is 75.3 cm³/mol. The van der Waals surface area contributed by atoms with Crippen LogP contribution in [0.25, 0.3) is 0 Å². The predicted octanol–water partition coefficient (Wildman–Crippen LogP) is 1.68. The third-order valence-electron chi connectivity index (χ3n) is 2.64. The van der Waals surface area contributed by atoms with E-state index >= 15 is 0 Å². The first-order valence-corrected chi connectivity index (χ1v) is 6.48. The van der Waals surface area contributed by atoms with Gasteiger partial charge in [0.05, 0.1) is 11.8 Å². The first-order chi connectivity index (χ1) is 9.88. The number of carboxylic acid groups (broad SMARTS) is 1. The Morgan fingerprint density at radius 1 is 1.38 bits per heavy atom. The average Bonchev–Trinajstić information content (AvgIpc) is 2.81. The third-order valence-corrected chi connectivity index (χ3v) is 3.14. The van der Waals surface area contributed by atoms with Crippen LogP contribution >= 0.6 is 23.2 Å². The molecule has 2 heterocycles. The van der Waals surface area contributed by atoms with E-state index in [-0.39, 0.29) is 15.9 Å². The number of hydrogen-bond acceptors (Lipinski definition) is 4. The molecule has 0 aliphatic heterocycles. The number of amides is 1. The van der Waals surface area contributed by atoms with Crippen LogP contribution in [0.2, 0.25) is 10.3 Å². The molecule has 21 heavy (non-hydrogen) atoms. The zero-order valence-corrected chi connectivity index (χ0v) is 12.3. The summed E-state index contributed by atoms with van der Waals surface area (Å²) in [5, 5.41) is 15.5. The van der Waals surface area contributed by atoms with Crippen LogP contribution in [0, 0.1) is 0 Å². The Hall–Kier alpha value is -2.12. The smallest absolute Gasteiger partial charge is 0.331 e. The molecule has 9 heteroatoms. The summed E-state index contributed by atoms with van der Waals surface area (Å²) in [4.78, 5) is 27.1. The molecule has 0 saturated carbocycles. The van der Waals surface area contributed by atoms with E-state index in [9.17, 15) is 14.7 Å². The number of aryl methyl sites for hydroxylation is 1. The van der Waals surface area contributed by atoms with E-state index < -0.39 is 17.9 Å². The van der Waals surface area contributed by atoms with Crippen LogP contribution in [0.4, 0.5) is 0 Å². The fourth-order valence-electron chi connectivity index (χ4n) is 1.67. The van der Waals surface area contributed by atoms with Gasteiger partial charge < -0.3 is 10.4 Å². The topological polar surface area (TPSA) is 97.1 Å². The van der Waals surface area contributed by atoms with Crippen LogP contribution in [0.3, 0.4) is 0 Å². The van der Waals surface area contributed by atoms with Crippen molar-refractivity contribution >= 4 is 35.1 Å². The van der Waals surface area contributed by atoms with Gasteiger partial charge in [-0.1, -0.05) is 23.2 Å². The van der Waals surface area contributed by atoms with Crippen LogP contribution in [0.1, 0.15) is 22.0 Å². The molecule has 110 valence electrons. The van der Waals surface area contributed by atoms with Crippen molar-refractivity contribution in [3.05, 3.63) is 46.0 Å². The van der Waals surface area contributed by atoms with Gasteiger partial charge in [-0.05, 0) is 12.1 Å². The molecule has 1 unspecified atom stereocenters. The summed E-state index contributed by atoms with van der Waals surface area (Å²) in [7, 11) is 1.64. The largest absolute Gasteiger partial charge is 0.479 e. The normalized spacial score (nSPS) is 12.0. The molecular formula is C12H10Cl2N4O3. The summed E-state index contributed by atoms with van der Waals surface area (Å²) in [6, 6.07) is 1.52. The molecule has 0 aromatic carbocycles. The Morgan fingerprint density at radius 3 is 2.62 bits per heavy atom. The van der Waals surface area contributed by atoms with Crippen LogP contribution in [-0.4, -0.2) is 31.7 Å². The molecule has 0 radical (unpaired) electrons. The van der Waals surface area contributed by atoms with E-state index in [4.69, 9.17) is 23.2 Å². The lowest BCUT2D eigenvalue weighted by atomic mass is 10.1. The van der Waals surface area contributed by atoms with Crippen LogP contribution < -0.4 is 5.32 Å². The molecule has 0 spiro atoms.